The fourth-order valence-electron chi connectivity index (χ4n) is 1.31. The van der Waals surface area contributed by atoms with Crippen molar-refractivity contribution in [1.82, 2.24) is 4.81 Å². The van der Waals surface area contributed by atoms with Crippen LogP contribution < -0.4 is 0 Å². The molecule has 1 aliphatic rings. The Labute approximate surface area is 68.0 Å². The predicted octanol–water partition coefficient (Wildman–Crippen LogP) is 0.0779. The van der Waals surface area contributed by atoms with Gasteiger partial charge in [0.1, 0.15) is 6.29 Å². The number of rotatable bonds is 3. The van der Waals surface area contributed by atoms with E-state index in [1.54, 1.807) is 14.7 Å². The molecule has 1 saturated heterocycles. The van der Waals surface area contributed by atoms with E-state index in [0.717, 1.165) is 32.2 Å². The minimum atomic E-state index is 0.275. The fourth-order valence-corrected chi connectivity index (χ4v) is 1.31. The molecule has 0 aromatic heterocycles. The first-order chi connectivity index (χ1) is 5.36. The molecule has 1 aliphatic heterocycles. The van der Waals surface area contributed by atoms with E-state index in [1.165, 1.54) is 0 Å². The lowest BCUT2D eigenvalue weighted by Crippen LogP contribution is -2.37. The molecule has 0 spiro atoms. The summed E-state index contributed by atoms with van der Waals surface area (Å²) < 4.78 is 4.86. The van der Waals surface area contributed by atoms with Crippen LogP contribution >= 0.6 is 0 Å². The zero-order valence-electron chi connectivity index (χ0n) is 6.82. The maximum absolute atomic E-state index is 10.4. The zero-order chi connectivity index (χ0) is 8.10. The van der Waals surface area contributed by atoms with Crippen molar-refractivity contribution < 1.29 is 9.45 Å². The highest BCUT2D eigenvalue weighted by Gasteiger charge is 2.18. The first-order valence-electron chi connectivity index (χ1n) is 3.92. The Bertz CT molecular complexity index is 124. The van der Waals surface area contributed by atoms with Gasteiger partial charge in [-0.15, -0.1) is 0 Å². The molecule has 0 aliphatic carbocycles. The molecule has 11 heavy (non-hydrogen) atoms. The van der Waals surface area contributed by atoms with E-state index in [9.17, 15) is 4.79 Å². The van der Waals surface area contributed by atoms with Crippen molar-refractivity contribution in [1.29, 1.82) is 0 Å². The maximum Gasteiger partial charge on any atom is 0.398 e. The largest absolute Gasteiger partial charge is 0.427 e. The third-order valence-corrected chi connectivity index (χ3v) is 2.02. The van der Waals surface area contributed by atoms with Crippen LogP contribution in [0.4, 0.5) is 0 Å². The summed E-state index contributed by atoms with van der Waals surface area (Å²) in [5.41, 5.74) is 0. The van der Waals surface area contributed by atoms with Crippen molar-refractivity contribution in [2.24, 2.45) is 5.92 Å². The standard InChI is InChI=1S/C7H13BNO2/c1-11-8-9-4-2-7(6-10)3-5-9/h6-7H,2-5H2,1H3. The summed E-state index contributed by atoms with van der Waals surface area (Å²) in [6.45, 7) is 1.88. The van der Waals surface area contributed by atoms with Crippen molar-refractivity contribution in [3.63, 3.8) is 0 Å². The summed E-state index contributed by atoms with van der Waals surface area (Å²) in [6.07, 6.45) is 2.98. The number of carbonyl (C=O) groups is 1. The number of hydrogen-bond donors (Lipinski definition) is 0. The second kappa shape index (κ2) is 4.52. The van der Waals surface area contributed by atoms with Gasteiger partial charge in [0, 0.05) is 13.0 Å². The normalized spacial score (nSPS) is 21.5. The van der Waals surface area contributed by atoms with Gasteiger partial charge in [0.05, 0.1) is 0 Å². The van der Waals surface area contributed by atoms with Gasteiger partial charge < -0.3 is 14.3 Å². The van der Waals surface area contributed by atoms with E-state index >= 15 is 0 Å². The quantitative estimate of drug-likeness (QED) is 0.425. The topological polar surface area (TPSA) is 29.5 Å². The van der Waals surface area contributed by atoms with Gasteiger partial charge in [0.15, 0.2) is 0 Å². The Balaban J connectivity index is 2.18. The molecule has 0 amide bonds. The van der Waals surface area contributed by atoms with Gasteiger partial charge in [-0.05, 0) is 25.9 Å². The van der Waals surface area contributed by atoms with Crippen molar-refractivity contribution in [2.45, 2.75) is 12.8 Å². The van der Waals surface area contributed by atoms with Gasteiger partial charge in [-0.25, -0.2) is 0 Å². The lowest BCUT2D eigenvalue weighted by Gasteiger charge is -2.27. The van der Waals surface area contributed by atoms with Gasteiger partial charge in [-0.3, -0.25) is 0 Å². The molecule has 0 aromatic carbocycles. The molecule has 61 valence electrons. The number of carbonyl (C=O) groups excluding carboxylic acids is 1. The van der Waals surface area contributed by atoms with Crippen LogP contribution in [0.25, 0.3) is 0 Å². The Hall–Kier alpha value is -0.345. The lowest BCUT2D eigenvalue weighted by molar-refractivity contribution is -0.112. The number of nitrogens with zero attached hydrogens (tertiary/aromatic N) is 1. The Morgan fingerprint density at radius 1 is 1.55 bits per heavy atom. The third-order valence-electron chi connectivity index (χ3n) is 2.02. The summed E-state index contributed by atoms with van der Waals surface area (Å²) >= 11 is 0. The van der Waals surface area contributed by atoms with E-state index in [2.05, 4.69) is 4.81 Å². The highest BCUT2D eigenvalue weighted by molar-refractivity contribution is 6.23. The maximum atomic E-state index is 10.4. The van der Waals surface area contributed by atoms with E-state index < -0.39 is 0 Å². The highest BCUT2D eigenvalue weighted by Crippen LogP contribution is 2.13. The minimum absolute atomic E-state index is 0.275. The zero-order valence-corrected chi connectivity index (χ0v) is 6.82. The second-order valence-electron chi connectivity index (χ2n) is 2.85. The first-order valence-corrected chi connectivity index (χ1v) is 3.92. The summed E-state index contributed by atoms with van der Waals surface area (Å²) in [4.78, 5) is 12.5. The molecular formula is C7H13BNO2. The molecule has 1 heterocycles. The number of piperidine rings is 1. The average molecular weight is 154 g/mol. The van der Waals surface area contributed by atoms with Crippen molar-refractivity contribution in [3.8, 4) is 0 Å². The Kier molecular flexibility index (Phi) is 3.59. The van der Waals surface area contributed by atoms with Crippen LogP contribution in [-0.4, -0.2) is 38.9 Å². The van der Waals surface area contributed by atoms with Crippen LogP contribution in [0.15, 0.2) is 0 Å². The summed E-state index contributed by atoms with van der Waals surface area (Å²) in [6, 6.07) is 0. The van der Waals surface area contributed by atoms with Crippen molar-refractivity contribution in [3.05, 3.63) is 0 Å². The second-order valence-corrected chi connectivity index (χ2v) is 2.85. The van der Waals surface area contributed by atoms with Gasteiger partial charge >= 0.3 is 7.62 Å². The van der Waals surface area contributed by atoms with Crippen LogP contribution in [0.3, 0.4) is 0 Å². The van der Waals surface area contributed by atoms with Crippen molar-refractivity contribution >= 4 is 13.9 Å². The molecule has 0 saturated carbocycles. The van der Waals surface area contributed by atoms with Gasteiger partial charge in [-0.1, -0.05) is 0 Å². The molecule has 1 fully saturated rings. The Morgan fingerprint density at radius 2 is 2.18 bits per heavy atom. The average Bonchev–Trinajstić information content (AvgIpc) is 2.07. The molecule has 1 rings (SSSR count). The van der Waals surface area contributed by atoms with Gasteiger partial charge in [0.25, 0.3) is 0 Å². The fraction of sp³-hybridized carbons (Fsp3) is 0.857. The smallest absolute Gasteiger partial charge is 0.398 e. The summed E-state index contributed by atoms with van der Waals surface area (Å²) in [5, 5.41) is 0. The highest BCUT2D eigenvalue weighted by atomic mass is 16.4. The molecule has 0 atom stereocenters. The van der Waals surface area contributed by atoms with Gasteiger partial charge in [-0.2, -0.15) is 0 Å². The van der Waals surface area contributed by atoms with Crippen molar-refractivity contribution in [2.75, 3.05) is 20.2 Å². The third kappa shape index (κ3) is 2.63. The predicted molar refractivity (Wildman–Crippen MR) is 43.1 cm³/mol. The first kappa shape index (κ1) is 8.75. The number of hydrogen-bond acceptors (Lipinski definition) is 3. The van der Waals surface area contributed by atoms with E-state index in [4.69, 9.17) is 4.65 Å². The van der Waals surface area contributed by atoms with Crippen LogP contribution in [0.2, 0.25) is 0 Å². The number of aldehydes is 1. The summed E-state index contributed by atoms with van der Waals surface area (Å²) in [5.74, 6) is 0.275. The molecule has 4 heteroatoms. The van der Waals surface area contributed by atoms with Crippen LogP contribution in [-0.2, 0) is 9.45 Å². The SMILES string of the molecule is CO[B]N1CCC(C=O)CC1. The van der Waals surface area contributed by atoms with E-state index in [1.807, 2.05) is 0 Å². The summed E-state index contributed by atoms with van der Waals surface area (Å²) in [7, 11) is 3.37. The molecule has 3 nitrogen and oxygen atoms in total. The Morgan fingerprint density at radius 3 is 2.64 bits per heavy atom. The lowest BCUT2D eigenvalue weighted by atomic mass is 9.95. The molecule has 0 aromatic rings. The monoisotopic (exact) mass is 154 g/mol. The van der Waals surface area contributed by atoms with Gasteiger partial charge in [0.2, 0.25) is 0 Å². The van der Waals surface area contributed by atoms with E-state index in [-0.39, 0.29) is 5.92 Å². The molecule has 0 bridgehead atoms. The van der Waals surface area contributed by atoms with Crippen LogP contribution in [0, 0.1) is 5.92 Å². The molecular weight excluding hydrogens is 141 g/mol. The van der Waals surface area contributed by atoms with E-state index in [0.29, 0.717) is 0 Å². The molecule has 0 N–H and O–H groups in total. The molecule has 1 radical (unpaired) electrons. The minimum Gasteiger partial charge on any atom is -0.427 e. The molecule has 0 unspecified atom stereocenters. The van der Waals surface area contributed by atoms with Crippen LogP contribution in [0.1, 0.15) is 12.8 Å². The van der Waals surface area contributed by atoms with Crippen LogP contribution in [0.5, 0.6) is 0 Å².